The summed E-state index contributed by atoms with van der Waals surface area (Å²) < 4.78 is 16.6. The second-order valence-corrected chi connectivity index (χ2v) is 6.74. The van der Waals surface area contributed by atoms with E-state index in [2.05, 4.69) is 37.7 Å². The van der Waals surface area contributed by atoms with Crippen molar-refractivity contribution >= 4 is 51.1 Å². The molecule has 0 aliphatic rings. The van der Waals surface area contributed by atoms with Crippen molar-refractivity contribution in [2.45, 2.75) is 20.0 Å². The van der Waals surface area contributed by atoms with Crippen LogP contribution in [-0.4, -0.2) is 27.7 Å². The number of aromatic nitrogens is 3. The number of nitrogens with zero attached hydrogens (tertiary/aromatic N) is 3. The SMILES string of the molecule is Cc1noc(C(C)OC(=O)COc2c(I)cc(Cl)c3cccnc23)n1. The van der Waals surface area contributed by atoms with Gasteiger partial charge >= 0.3 is 5.97 Å². The third-order valence-corrected chi connectivity index (χ3v) is 4.40. The summed E-state index contributed by atoms with van der Waals surface area (Å²) in [7, 11) is 0. The molecule has 130 valence electrons. The summed E-state index contributed by atoms with van der Waals surface area (Å²) >= 11 is 8.30. The van der Waals surface area contributed by atoms with E-state index in [-0.39, 0.29) is 12.5 Å². The number of carbonyl (C=O) groups is 1. The number of aryl methyl sites for hydroxylation is 1. The zero-order valence-corrected chi connectivity index (χ0v) is 16.2. The van der Waals surface area contributed by atoms with Gasteiger partial charge in [-0.3, -0.25) is 4.98 Å². The van der Waals surface area contributed by atoms with Crippen molar-refractivity contribution < 1.29 is 18.8 Å². The van der Waals surface area contributed by atoms with Gasteiger partial charge in [-0.15, -0.1) is 0 Å². The van der Waals surface area contributed by atoms with Crippen molar-refractivity contribution in [2.75, 3.05) is 6.61 Å². The van der Waals surface area contributed by atoms with Gasteiger partial charge in [0.25, 0.3) is 5.89 Å². The van der Waals surface area contributed by atoms with E-state index < -0.39 is 12.1 Å². The molecule has 0 amide bonds. The highest BCUT2D eigenvalue weighted by molar-refractivity contribution is 14.1. The highest BCUT2D eigenvalue weighted by atomic mass is 127. The van der Waals surface area contributed by atoms with E-state index in [9.17, 15) is 4.79 Å². The number of rotatable bonds is 5. The van der Waals surface area contributed by atoms with Crippen LogP contribution in [0.4, 0.5) is 0 Å². The maximum absolute atomic E-state index is 12.0. The van der Waals surface area contributed by atoms with Crippen molar-refractivity contribution in [1.82, 2.24) is 15.1 Å². The molecule has 1 aromatic carbocycles. The first kappa shape index (κ1) is 17.9. The molecule has 1 atom stereocenters. The van der Waals surface area contributed by atoms with Crippen LogP contribution in [0.2, 0.25) is 5.02 Å². The molecule has 0 saturated heterocycles. The third kappa shape index (κ3) is 4.01. The molecule has 25 heavy (non-hydrogen) atoms. The summed E-state index contributed by atoms with van der Waals surface area (Å²) in [6, 6.07) is 5.38. The number of benzene rings is 1. The van der Waals surface area contributed by atoms with Crippen LogP contribution in [0.15, 0.2) is 28.9 Å². The van der Waals surface area contributed by atoms with Gasteiger partial charge in [0.15, 0.2) is 24.3 Å². The molecule has 0 saturated carbocycles. The van der Waals surface area contributed by atoms with Crippen molar-refractivity contribution in [3.8, 4) is 5.75 Å². The molecule has 0 N–H and O–H groups in total. The van der Waals surface area contributed by atoms with E-state index in [4.69, 9.17) is 25.6 Å². The van der Waals surface area contributed by atoms with E-state index in [1.807, 2.05) is 6.07 Å². The van der Waals surface area contributed by atoms with Crippen molar-refractivity contribution in [3.63, 3.8) is 0 Å². The molecule has 0 bridgehead atoms. The molecule has 9 heteroatoms. The van der Waals surface area contributed by atoms with E-state index in [0.717, 1.165) is 8.96 Å². The van der Waals surface area contributed by atoms with Crippen molar-refractivity contribution in [2.24, 2.45) is 0 Å². The monoisotopic (exact) mass is 473 g/mol. The van der Waals surface area contributed by atoms with Crippen molar-refractivity contribution in [1.29, 1.82) is 0 Å². The predicted octanol–water partition coefficient (Wildman–Crippen LogP) is 3.87. The van der Waals surface area contributed by atoms with E-state index in [0.29, 0.717) is 22.1 Å². The topological polar surface area (TPSA) is 87.3 Å². The minimum Gasteiger partial charge on any atom is -0.478 e. The smallest absolute Gasteiger partial charge is 0.344 e. The number of carbonyl (C=O) groups excluding carboxylic acids is 1. The Labute approximate surface area is 161 Å². The lowest BCUT2D eigenvalue weighted by atomic mass is 10.2. The van der Waals surface area contributed by atoms with Crippen LogP contribution in [0.25, 0.3) is 10.9 Å². The van der Waals surface area contributed by atoms with Gasteiger partial charge in [0.05, 0.1) is 8.59 Å². The Morgan fingerprint density at radius 2 is 2.28 bits per heavy atom. The molecule has 0 radical (unpaired) electrons. The lowest BCUT2D eigenvalue weighted by molar-refractivity contribution is -0.152. The summed E-state index contributed by atoms with van der Waals surface area (Å²) in [6.07, 6.45) is 0.983. The largest absolute Gasteiger partial charge is 0.478 e. The van der Waals surface area contributed by atoms with Crippen LogP contribution in [0, 0.1) is 10.5 Å². The summed E-state index contributed by atoms with van der Waals surface area (Å²) in [5.41, 5.74) is 0.591. The van der Waals surface area contributed by atoms with Crippen LogP contribution in [0.5, 0.6) is 5.75 Å². The minimum atomic E-state index is -0.656. The molecule has 0 spiro atoms. The van der Waals surface area contributed by atoms with Gasteiger partial charge in [-0.25, -0.2) is 4.79 Å². The standard InChI is InChI=1S/C16H13ClIN3O4/c1-8(16-20-9(2)21-25-16)24-13(22)7-23-15-12(18)6-11(17)10-4-3-5-19-14(10)15/h3-6,8H,7H2,1-2H3. The van der Waals surface area contributed by atoms with Crippen LogP contribution >= 0.6 is 34.2 Å². The number of fused-ring (bicyclic) bond motifs is 1. The first-order chi connectivity index (χ1) is 12.0. The fourth-order valence-corrected chi connectivity index (χ4v) is 3.34. The van der Waals surface area contributed by atoms with Gasteiger partial charge in [0, 0.05) is 11.6 Å². The van der Waals surface area contributed by atoms with Gasteiger partial charge in [0.2, 0.25) is 0 Å². The second kappa shape index (κ2) is 7.52. The third-order valence-electron chi connectivity index (χ3n) is 3.28. The average molecular weight is 474 g/mol. The first-order valence-corrected chi connectivity index (χ1v) is 8.76. The van der Waals surface area contributed by atoms with Gasteiger partial charge < -0.3 is 14.0 Å². The maximum Gasteiger partial charge on any atom is 0.344 e. The highest BCUT2D eigenvalue weighted by Gasteiger charge is 2.19. The first-order valence-electron chi connectivity index (χ1n) is 7.31. The Balaban J connectivity index is 1.71. The highest BCUT2D eigenvalue weighted by Crippen LogP contribution is 2.34. The number of hydrogen-bond donors (Lipinski definition) is 0. The Morgan fingerprint density at radius 1 is 1.48 bits per heavy atom. The Hall–Kier alpha value is -1.94. The summed E-state index contributed by atoms with van der Waals surface area (Å²) in [5.74, 6) is 0.637. The molecule has 0 aliphatic carbocycles. The zero-order chi connectivity index (χ0) is 18.0. The minimum absolute atomic E-state index is 0.235. The lowest BCUT2D eigenvalue weighted by Crippen LogP contribution is -2.17. The average Bonchev–Trinajstić information content (AvgIpc) is 3.01. The van der Waals surface area contributed by atoms with Crippen LogP contribution in [-0.2, 0) is 9.53 Å². The normalized spacial score (nSPS) is 12.2. The second-order valence-electron chi connectivity index (χ2n) is 5.17. The van der Waals surface area contributed by atoms with Gasteiger partial charge in [-0.05, 0) is 54.6 Å². The molecule has 0 fully saturated rings. The number of ether oxygens (including phenoxy) is 2. The van der Waals surface area contributed by atoms with E-state index >= 15 is 0 Å². The maximum atomic E-state index is 12.0. The Kier molecular flexibility index (Phi) is 5.38. The fourth-order valence-electron chi connectivity index (χ4n) is 2.17. The molecule has 3 rings (SSSR count). The Bertz CT molecular complexity index is 931. The summed E-state index contributed by atoms with van der Waals surface area (Å²) in [4.78, 5) is 20.4. The Morgan fingerprint density at radius 3 is 3.00 bits per heavy atom. The van der Waals surface area contributed by atoms with Gasteiger partial charge in [-0.1, -0.05) is 16.8 Å². The molecule has 3 aromatic rings. The predicted molar refractivity (Wildman–Crippen MR) is 98.5 cm³/mol. The summed E-state index contributed by atoms with van der Waals surface area (Å²) in [6.45, 7) is 3.06. The number of hydrogen-bond acceptors (Lipinski definition) is 7. The van der Waals surface area contributed by atoms with Crippen LogP contribution in [0.3, 0.4) is 0 Å². The molecular weight excluding hydrogens is 461 g/mol. The summed E-state index contributed by atoms with van der Waals surface area (Å²) in [5, 5.41) is 4.99. The molecular formula is C16H13ClIN3O4. The lowest BCUT2D eigenvalue weighted by Gasteiger charge is -2.13. The molecule has 2 heterocycles. The van der Waals surface area contributed by atoms with E-state index in [1.165, 1.54) is 0 Å². The molecule has 0 aliphatic heterocycles. The number of halogens is 2. The van der Waals surface area contributed by atoms with Crippen LogP contribution in [0.1, 0.15) is 24.7 Å². The zero-order valence-electron chi connectivity index (χ0n) is 13.3. The van der Waals surface area contributed by atoms with Crippen molar-refractivity contribution in [3.05, 3.63) is 44.7 Å². The molecule has 2 aromatic heterocycles. The molecule has 7 nitrogen and oxygen atoms in total. The van der Waals surface area contributed by atoms with Crippen LogP contribution < -0.4 is 4.74 Å². The number of pyridine rings is 1. The molecule has 1 unspecified atom stereocenters. The number of esters is 1. The fraction of sp³-hybridized carbons (Fsp3) is 0.250. The van der Waals surface area contributed by atoms with Gasteiger partial charge in [-0.2, -0.15) is 4.98 Å². The van der Waals surface area contributed by atoms with E-state index in [1.54, 1.807) is 32.2 Å². The van der Waals surface area contributed by atoms with Gasteiger partial charge in [0.1, 0.15) is 5.52 Å². The quantitative estimate of drug-likeness (QED) is 0.411.